The van der Waals surface area contributed by atoms with Crippen LogP contribution in [-0.2, 0) is 13.0 Å². The summed E-state index contributed by atoms with van der Waals surface area (Å²) in [6.07, 6.45) is 5.00. The Bertz CT molecular complexity index is 752. The molecule has 126 valence electrons. The van der Waals surface area contributed by atoms with E-state index in [1.54, 1.807) is 0 Å². The largest absolute Gasteiger partial charge is 0.461 e. The summed E-state index contributed by atoms with van der Waals surface area (Å²) in [5.41, 5.74) is 2.30. The van der Waals surface area contributed by atoms with Gasteiger partial charge in [0.15, 0.2) is 0 Å². The summed E-state index contributed by atoms with van der Waals surface area (Å²) in [7, 11) is 0. The molecule has 0 bridgehead atoms. The monoisotopic (exact) mass is 323 g/mol. The molecule has 0 atom stereocenters. The van der Waals surface area contributed by atoms with Gasteiger partial charge < -0.3 is 15.1 Å². The zero-order chi connectivity index (χ0) is 16.6. The molecule has 0 saturated heterocycles. The van der Waals surface area contributed by atoms with Gasteiger partial charge in [0.2, 0.25) is 0 Å². The van der Waals surface area contributed by atoms with Gasteiger partial charge in [-0.25, -0.2) is 4.98 Å². The molecule has 2 N–H and O–H groups in total. The van der Waals surface area contributed by atoms with Crippen molar-refractivity contribution in [1.82, 2.24) is 10.3 Å². The Balaban J connectivity index is 1.41. The number of furan rings is 1. The summed E-state index contributed by atoms with van der Waals surface area (Å²) >= 11 is 0. The molecule has 1 aromatic carbocycles. The van der Waals surface area contributed by atoms with Crippen LogP contribution in [0.2, 0.25) is 0 Å². The number of unbranched alkanes of at least 4 members (excludes halogenated alkanes) is 1. The third kappa shape index (κ3) is 4.15. The van der Waals surface area contributed by atoms with Gasteiger partial charge in [0.25, 0.3) is 0 Å². The van der Waals surface area contributed by atoms with Gasteiger partial charge in [-0.3, -0.25) is 0 Å². The molecule has 0 radical (unpaired) electrons. The third-order valence-corrected chi connectivity index (χ3v) is 4.16. The summed E-state index contributed by atoms with van der Waals surface area (Å²) in [5.74, 6) is 2.04. The van der Waals surface area contributed by atoms with Crippen molar-refractivity contribution in [1.29, 1.82) is 0 Å². The van der Waals surface area contributed by atoms with Crippen molar-refractivity contribution in [3.05, 3.63) is 60.0 Å². The van der Waals surface area contributed by atoms with Crippen molar-refractivity contribution in [2.45, 2.75) is 32.7 Å². The zero-order valence-corrected chi connectivity index (χ0v) is 14.2. The molecule has 4 nitrogen and oxygen atoms in total. The predicted octanol–water partition coefficient (Wildman–Crippen LogP) is 4.37. The molecule has 2 heterocycles. The normalized spacial score (nSPS) is 11.0. The highest BCUT2D eigenvalue weighted by Gasteiger charge is 2.11. The summed E-state index contributed by atoms with van der Waals surface area (Å²) in [6.45, 7) is 4.97. The first-order valence-corrected chi connectivity index (χ1v) is 8.73. The van der Waals surface area contributed by atoms with Gasteiger partial charge in [-0.15, -0.1) is 0 Å². The fourth-order valence-corrected chi connectivity index (χ4v) is 2.90. The number of aromatic nitrogens is 1. The Hall–Kier alpha value is -2.33. The minimum Gasteiger partial charge on any atom is -0.461 e. The number of fused-ring (bicyclic) bond motifs is 1. The molecule has 0 saturated carbocycles. The van der Waals surface area contributed by atoms with E-state index in [-0.39, 0.29) is 0 Å². The average Bonchev–Trinajstić information content (AvgIpc) is 2.99. The minimum absolute atomic E-state index is 0.869. The van der Waals surface area contributed by atoms with Crippen molar-refractivity contribution < 1.29 is 4.42 Å². The van der Waals surface area contributed by atoms with Crippen LogP contribution in [0.15, 0.2) is 53.1 Å². The third-order valence-electron chi connectivity index (χ3n) is 4.16. The molecule has 3 aromatic rings. The van der Waals surface area contributed by atoms with Crippen LogP contribution in [0.5, 0.6) is 0 Å². The molecule has 3 rings (SSSR count). The molecule has 2 aromatic heterocycles. The van der Waals surface area contributed by atoms with Gasteiger partial charge in [-0.1, -0.05) is 31.2 Å². The smallest absolute Gasteiger partial charge is 0.134 e. The quantitative estimate of drug-likeness (QED) is 0.574. The van der Waals surface area contributed by atoms with Crippen molar-refractivity contribution in [2.75, 3.05) is 18.4 Å². The number of aryl methyl sites for hydroxylation is 1. The Kier molecular flexibility index (Phi) is 5.85. The maximum atomic E-state index is 5.94. The van der Waals surface area contributed by atoms with E-state index in [9.17, 15) is 0 Å². The minimum atomic E-state index is 0.869. The molecule has 24 heavy (non-hydrogen) atoms. The zero-order valence-electron chi connectivity index (χ0n) is 14.2. The molecule has 0 aliphatic heterocycles. The van der Waals surface area contributed by atoms with E-state index < -0.39 is 0 Å². The number of para-hydroxylation sites is 1. The molecule has 0 amide bonds. The number of benzene rings is 1. The topological polar surface area (TPSA) is 50.1 Å². The Morgan fingerprint density at radius 2 is 1.83 bits per heavy atom. The molecule has 0 unspecified atom stereocenters. The van der Waals surface area contributed by atoms with Crippen LogP contribution in [-0.4, -0.2) is 18.1 Å². The van der Waals surface area contributed by atoms with Crippen molar-refractivity contribution >= 4 is 16.8 Å². The fraction of sp³-hybridized carbons (Fsp3) is 0.350. The van der Waals surface area contributed by atoms with Gasteiger partial charge in [-0.05, 0) is 37.6 Å². The molecular weight excluding hydrogens is 298 g/mol. The van der Waals surface area contributed by atoms with Crippen molar-refractivity contribution in [2.24, 2.45) is 0 Å². The Morgan fingerprint density at radius 3 is 2.67 bits per heavy atom. The summed E-state index contributed by atoms with van der Waals surface area (Å²) in [5, 5.41) is 8.12. The Labute approximate surface area is 143 Å². The van der Waals surface area contributed by atoms with Crippen molar-refractivity contribution in [3.63, 3.8) is 0 Å². The number of rotatable bonds is 9. The summed E-state index contributed by atoms with van der Waals surface area (Å²) in [6, 6.07) is 14.2. The second-order valence-corrected chi connectivity index (χ2v) is 5.88. The highest BCUT2D eigenvalue weighted by molar-refractivity contribution is 5.82. The highest BCUT2D eigenvalue weighted by atomic mass is 16.3. The van der Waals surface area contributed by atoms with Gasteiger partial charge in [-0.2, -0.15) is 0 Å². The van der Waals surface area contributed by atoms with Gasteiger partial charge in [0.05, 0.1) is 0 Å². The average molecular weight is 323 g/mol. The molecule has 0 fully saturated rings. The van der Waals surface area contributed by atoms with E-state index in [2.05, 4.69) is 34.7 Å². The van der Waals surface area contributed by atoms with E-state index >= 15 is 0 Å². The second kappa shape index (κ2) is 8.50. The lowest BCUT2D eigenvalue weighted by atomic mass is 10.1. The fourth-order valence-electron chi connectivity index (χ4n) is 2.90. The molecule has 0 aliphatic carbocycles. The number of pyridine rings is 1. The number of anilines is 1. The lowest BCUT2D eigenvalue weighted by Gasteiger charge is -2.07. The molecule has 4 heteroatoms. The first-order chi connectivity index (χ1) is 11.9. The van der Waals surface area contributed by atoms with Crippen molar-refractivity contribution in [3.8, 4) is 0 Å². The maximum Gasteiger partial charge on any atom is 0.134 e. The molecule has 0 spiro atoms. The van der Waals surface area contributed by atoms with Crippen LogP contribution in [0.4, 0.5) is 5.82 Å². The van der Waals surface area contributed by atoms with E-state index in [0.717, 1.165) is 56.1 Å². The van der Waals surface area contributed by atoms with Gasteiger partial charge in [0.1, 0.15) is 17.2 Å². The van der Waals surface area contributed by atoms with Crippen LogP contribution in [0.3, 0.4) is 0 Å². The summed E-state index contributed by atoms with van der Waals surface area (Å²) in [4.78, 5) is 4.26. The van der Waals surface area contributed by atoms with E-state index in [1.807, 2.05) is 36.5 Å². The predicted molar refractivity (Wildman–Crippen MR) is 99.3 cm³/mol. The Morgan fingerprint density at radius 1 is 1.00 bits per heavy atom. The second-order valence-electron chi connectivity index (χ2n) is 5.88. The lowest BCUT2D eigenvalue weighted by molar-refractivity contribution is 0.542. The standard InChI is InChI=1S/C20H25N3O/c1-2-18-17(16-9-3-4-10-19(16)24-18)15-21-12-7-8-14-23-20-11-5-6-13-22-20/h3-6,9-11,13,21H,2,7-8,12,14-15H2,1H3,(H,22,23). The SMILES string of the molecule is CCc1oc2ccccc2c1CNCCCCNc1ccccn1. The maximum absolute atomic E-state index is 5.94. The first-order valence-electron chi connectivity index (χ1n) is 8.73. The van der Waals surface area contributed by atoms with Crippen LogP contribution in [0.25, 0.3) is 11.0 Å². The van der Waals surface area contributed by atoms with E-state index in [4.69, 9.17) is 4.42 Å². The first kappa shape index (κ1) is 16.5. The lowest BCUT2D eigenvalue weighted by Crippen LogP contribution is -2.16. The number of nitrogens with zero attached hydrogens (tertiary/aromatic N) is 1. The number of hydrogen-bond donors (Lipinski definition) is 2. The van der Waals surface area contributed by atoms with Gasteiger partial charge >= 0.3 is 0 Å². The van der Waals surface area contributed by atoms with Crippen LogP contribution in [0, 0.1) is 0 Å². The highest BCUT2D eigenvalue weighted by Crippen LogP contribution is 2.26. The summed E-state index contributed by atoms with van der Waals surface area (Å²) < 4.78 is 5.94. The van der Waals surface area contributed by atoms with Gasteiger partial charge in [0, 0.05) is 36.7 Å². The van der Waals surface area contributed by atoms with Crippen LogP contribution in [0.1, 0.15) is 31.1 Å². The van der Waals surface area contributed by atoms with E-state index in [0.29, 0.717) is 0 Å². The number of nitrogens with one attached hydrogen (secondary N) is 2. The van der Waals surface area contributed by atoms with Crippen LogP contribution < -0.4 is 10.6 Å². The van der Waals surface area contributed by atoms with Crippen LogP contribution >= 0.6 is 0 Å². The number of hydrogen-bond acceptors (Lipinski definition) is 4. The van der Waals surface area contributed by atoms with E-state index in [1.165, 1.54) is 10.9 Å². The molecule has 0 aliphatic rings. The molecular formula is C20H25N3O.